The van der Waals surface area contributed by atoms with Crippen LogP contribution in [-0.4, -0.2) is 38.8 Å². The van der Waals surface area contributed by atoms with Crippen molar-refractivity contribution in [3.63, 3.8) is 0 Å². The van der Waals surface area contributed by atoms with Gasteiger partial charge in [-0.3, -0.25) is 0 Å². The monoisotopic (exact) mass is 240 g/mol. The molecule has 0 aliphatic heterocycles. The zero-order valence-corrected chi connectivity index (χ0v) is 10.5. The van der Waals surface area contributed by atoms with E-state index >= 15 is 0 Å². The molecule has 0 radical (unpaired) electrons. The number of hydrogen-bond donors (Lipinski definition) is 1. The maximum absolute atomic E-state index is 12.8. The Balaban J connectivity index is 2.37. The van der Waals surface area contributed by atoms with E-state index in [0.717, 1.165) is 31.7 Å². The summed E-state index contributed by atoms with van der Waals surface area (Å²) in [6.45, 7) is 2.47. The molecule has 0 aromatic heterocycles. The van der Waals surface area contributed by atoms with E-state index in [9.17, 15) is 4.39 Å². The molecule has 0 aliphatic rings. The van der Waals surface area contributed by atoms with Gasteiger partial charge in [0.05, 0.1) is 0 Å². The van der Waals surface area contributed by atoms with Gasteiger partial charge in [0.1, 0.15) is 5.82 Å². The zero-order valence-electron chi connectivity index (χ0n) is 10.5. The van der Waals surface area contributed by atoms with Gasteiger partial charge in [0.15, 0.2) is 0 Å². The largest absolute Gasteiger partial charge is 0.385 e. The highest BCUT2D eigenvalue weighted by Crippen LogP contribution is 2.12. The fourth-order valence-corrected chi connectivity index (χ4v) is 1.72. The third-order valence-electron chi connectivity index (χ3n) is 2.69. The van der Waals surface area contributed by atoms with Crippen LogP contribution >= 0.6 is 0 Å². The second-order valence-electron chi connectivity index (χ2n) is 4.27. The molecule has 2 N–H and O–H groups in total. The van der Waals surface area contributed by atoms with Crippen LogP contribution in [0.4, 0.5) is 4.39 Å². The van der Waals surface area contributed by atoms with E-state index in [4.69, 9.17) is 10.5 Å². The normalized spacial score (nSPS) is 13.0. The van der Waals surface area contributed by atoms with Gasteiger partial charge in [-0.25, -0.2) is 4.39 Å². The van der Waals surface area contributed by atoms with Crippen LogP contribution < -0.4 is 5.73 Å². The Morgan fingerprint density at radius 1 is 1.35 bits per heavy atom. The van der Waals surface area contributed by atoms with Crippen molar-refractivity contribution in [3.05, 3.63) is 35.6 Å². The van der Waals surface area contributed by atoms with Crippen molar-refractivity contribution in [2.75, 3.05) is 33.9 Å². The Morgan fingerprint density at radius 3 is 2.59 bits per heavy atom. The fraction of sp³-hybridized carbons (Fsp3) is 0.538. The number of likely N-dealkylation sites (N-methyl/N-ethyl adjacent to an activating group) is 1. The summed E-state index contributed by atoms with van der Waals surface area (Å²) in [6.07, 6.45) is 0.989. The lowest BCUT2D eigenvalue weighted by molar-refractivity contribution is 0.177. The summed E-state index contributed by atoms with van der Waals surface area (Å²) in [4.78, 5) is 2.16. The zero-order chi connectivity index (χ0) is 12.7. The van der Waals surface area contributed by atoms with Crippen LogP contribution in [0.2, 0.25) is 0 Å². The average Bonchev–Trinajstić information content (AvgIpc) is 2.30. The van der Waals surface area contributed by atoms with Crippen LogP contribution in [0.3, 0.4) is 0 Å². The first-order chi connectivity index (χ1) is 8.13. The Hall–Kier alpha value is -0.970. The van der Waals surface area contributed by atoms with Crippen LogP contribution in [-0.2, 0) is 4.74 Å². The molecule has 0 saturated carbocycles. The van der Waals surface area contributed by atoms with Gasteiger partial charge in [0.25, 0.3) is 0 Å². The maximum atomic E-state index is 12.8. The lowest BCUT2D eigenvalue weighted by atomic mass is 10.1. The Labute approximate surface area is 102 Å². The van der Waals surface area contributed by atoms with Gasteiger partial charge in [-0.1, -0.05) is 12.1 Å². The SMILES string of the molecule is COCCCN(C)CC(N)c1ccc(F)cc1. The minimum atomic E-state index is -0.227. The van der Waals surface area contributed by atoms with Gasteiger partial charge >= 0.3 is 0 Å². The van der Waals surface area contributed by atoms with Gasteiger partial charge < -0.3 is 15.4 Å². The van der Waals surface area contributed by atoms with Crippen molar-refractivity contribution in [3.8, 4) is 0 Å². The molecular weight excluding hydrogens is 219 g/mol. The molecule has 1 aromatic carbocycles. The molecule has 0 aliphatic carbocycles. The van der Waals surface area contributed by atoms with E-state index in [0.29, 0.717) is 0 Å². The minimum absolute atomic E-state index is 0.0804. The summed E-state index contributed by atoms with van der Waals surface area (Å²) in [5.74, 6) is -0.227. The highest BCUT2D eigenvalue weighted by molar-refractivity contribution is 5.19. The second-order valence-corrected chi connectivity index (χ2v) is 4.27. The van der Waals surface area contributed by atoms with Gasteiger partial charge in [-0.05, 0) is 31.2 Å². The van der Waals surface area contributed by atoms with Gasteiger partial charge in [0.2, 0.25) is 0 Å². The van der Waals surface area contributed by atoms with E-state index in [2.05, 4.69) is 4.90 Å². The molecule has 3 nitrogen and oxygen atoms in total. The number of benzene rings is 1. The molecule has 1 rings (SSSR count). The fourth-order valence-electron chi connectivity index (χ4n) is 1.72. The van der Waals surface area contributed by atoms with E-state index in [-0.39, 0.29) is 11.9 Å². The van der Waals surface area contributed by atoms with Crippen LogP contribution in [0.25, 0.3) is 0 Å². The molecule has 17 heavy (non-hydrogen) atoms. The summed E-state index contributed by atoms with van der Waals surface area (Å²) < 4.78 is 17.7. The number of rotatable bonds is 7. The number of ether oxygens (including phenoxy) is 1. The Morgan fingerprint density at radius 2 is 2.00 bits per heavy atom. The molecule has 1 aromatic rings. The topological polar surface area (TPSA) is 38.5 Å². The molecule has 1 unspecified atom stereocenters. The van der Waals surface area contributed by atoms with Crippen LogP contribution in [0.1, 0.15) is 18.0 Å². The molecular formula is C13H21FN2O. The number of hydrogen-bond acceptors (Lipinski definition) is 3. The van der Waals surface area contributed by atoms with Gasteiger partial charge in [0, 0.05) is 32.8 Å². The average molecular weight is 240 g/mol. The summed E-state index contributed by atoms with van der Waals surface area (Å²) in [5.41, 5.74) is 7.02. The van der Waals surface area contributed by atoms with E-state index in [1.165, 1.54) is 12.1 Å². The number of halogens is 1. The Bertz CT molecular complexity index is 316. The maximum Gasteiger partial charge on any atom is 0.123 e. The highest BCUT2D eigenvalue weighted by Gasteiger charge is 2.09. The second kappa shape index (κ2) is 7.37. The molecule has 0 amide bonds. The van der Waals surface area contributed by atoms with E-state index in [1.54, 1.807) is 19.2 Å². The summed E-state index contributed by atoms with van der Waals surface area (Å²) >= 11 is 0. The lowest BCUT2D eigenvalue weighted by Crippen LogP contribution is -2.30. The smallest absolute Gasteiger partial charge is 0.123 e. The van der Waals surface area contributed by atoms with Crippen molar-refractivity contribution in [1.82, 2.24) is 4.90 Å². The lowest BCUT2D eigenvalue weighted by Gasteiger charge is -2.21. The van der Waals surface area contributed by atoms with E-state index in [1.807, 2.05) is 7.05 Å². The van der Waals surface area contributed by atoms with E-state index < -0.39 is 0 Å². The van der Waals surface area contributed by atoms with Crippen LogP contribution in [0.15, 0.2) is 24.3 Å². The predicted molar refractivity (Wildman–Crippen MR) is 67.3 cm³/mol. The minimum Gasteiger partial charge on any atom is -0.385 e. The molecule has 96 valence electrons. The third kappa shape index (κ3) is 5.26. The first-order valence-electron chi connectivity index (χ1n) is 5.82. The summed E-state index contributed by atoms with van der Waals surface area (Å²) in [6, 6.07) is 6.29. The van der Waals surface area contributed by atoms with Crippen molar-refractivity contribution < 1.29 is 9.13 Å². The Kier molecular flexibility index (Phi) is 6.11. The standard InChI is InChI=1S/C13H21FN2O/c1-16(8-3-9-17-2)10-13(15)11-4-6-12(14)7-5-11/h4-7,13H,3,8-10,15H2,1-2H3. The highest BCUT2D eigenvalue weighted by atomic mass is 19.1. The van der Waals surface area contributed by atoms with Crippen LogP contribution in [0.5, 0.6) is 0 Å². The molecule has 0 bridgehead atoms. The van der Waals surface area contributed by atoms with Crippen molar-refractivity contribution in [2.45, 2.75) is 12.5 Å². The molecule has 0 heterocycles. The summed E-state index contributed by atoms with van der Waals surface area (Å²) in [5, 5.41) is 0. The molecule has 0 fully saturated rings. The molecule has 4 heteroatoms. The first-order valence-corrected chi connectivity index (χ1v) is 5.82. The van der Waals surface area contributed by atoms with Crippen molar-refractivity contribution in [1.29, 1.82) is 0 Å². The van der Waals surface area contributed by atoms with Gasteiger partial charge in [-0.15, -0.1) is 0 Å². The van der Waals surface area contributed by atoms with Gasteiger partial charge in [-0.2, -0.15) is 0 Å². The molecule has 0 saturated heterocycles. The number of nitrogens with zero attached hydrogens (tertiary/aromatic N) is 1. The van der Waals surface area contributed by atoms with Crippen LogP contribution in [0, 0.1) is 5.82 Å². The predicted octanol–water partition coefficient (Wildman–Crippen LogP) is 1.79. The molecule has 1 atom stereocenters. The number of methoxy groups -OCH3 is 1. The quantitative estimate of drug-likeness (QED) is 0.738. The van der Waals surface area contributed by atoms with Crippen molar-refractivity contribution >= 4 is 0 Å². The number of nitrogens with two attached hydrogens (primary N) is 1. The van der Waals surface area contributed by atoms with Crippen molar-refractivity contribution in [2.24, 2.45) is 5.73 Å². The summed E-state index contributed by atoms with van der Waals surface area (Å²) in [7, 11) is 3.73. The third-order valence-corrected chi connectivity index (χ3v) is 2.69. The first kappa shape index (κ1) is 14.1. The molecule has 0 spiro atoms.